The summed E-state index contributed by atoms with van der Waals surface area (Å²) in [6.07, 6.45) is 6.50. The van der Waals surface area contributed by atoms with Crippen molar-refractivity contribution in [2.75, 3.05) is 0 Å². The van der Waals surface area contributed by atoms with Gasteiger partial charge in [-0.3, -0.25) is 9.59 Å². The van der Waals surface area contributed by atoms with Gasteiger partial charge >= 0.3 is 0 Å². The average molecular weight is 473 g/mol. The van der Waals surface area contributed by atoms with Crippen molar-refractivity contribution in [1.29, 1.82) is 0 Å². The van der Waals surface area contributed by atoms with Gasteiger partial charge in [0, 0.05) is 23.6 Å². The van der Waals surface area contributed by atoms with Gasteiger partial charge in [0.05, 0.1) is 17.9 Å². The summed E-state index contributed by atoms with van der Waals surface area (Å²) in [5.74, 6) is 0.901. The summed E-state index contributed by atoms with van der Waals surface area (Å²) >= 11 is 0. The Labute approximate surface area is 207 Å². The van der Waals surface area contributed by atoms with Crippen LogP contribution in [0.15, 0.2) is 69.9 Å². The largest absolute Gasteiger partial charge is 0.464 e. The molecule has 0 unspecified atom stereocenters. The summed E-state index contributed by atoms with van der Waals surface area (Å²) in [4.78, 5) is 28.1. The highest BCUT2D eigenvalue weighted by Crippen LogP contribution is 2.36. The third-order valence-electron chi connectivity index (χ3n) is 7.01. The van der Waals surface area contributed by atoms with Crippen LogP contribution in [0.4, 0.5) is 0 Å². The van der Waals surface area contributed by atoms with Crippen LogP contribution in [0.1, 0.15) is 64.5 Å². The molecule has 2 aromatic heterocycles. The van der Waals surface area contributed by atoms with E-state index in [1.54, 1.807) is 12.5 Å². The Morgan fingerprint density at radius 1 is 0.686 bits per heavy atom. The van der Waals surface area contributed by atoms with E-state index >= 15 is 0 Å². The van der Waals surface area contributed by atoms with Gasteiger partial charge in [0.15, 0.2) is 0 Å². The lowest BCUT2D eigenvalue weighted by Gasteiger charge is -2.32. The fourth-order valence-corrected chi connectivity index (χ4v) is 4.88. The zero-order chi connectivity index (χ0) is 25.0. The van der Waals surface area contributed by atoms with Crippen LogP contribution in [0.3, 0.4) is 0 Å². The van der Waals surface area contributed by atoms with Crippen molar-refractivity contribution in [3.8, 4) is 0 Å². The molecule has 184 valence electrons. The molecule has 0 fully saturated rings. The van der Waals surface area contributed by atoms with E-state index in [9.17, 15) is 9.59 Å². The summed E-state index contributed by atoms with van der Waals surface area (Å²) in [5.41, 5.74) is 2.49. The number of carbonyl (C=O) groups excluding carboxylic acids is 2. The second-order valence-corrected chi connectivity index (χ2v) is 10.7. The minimum atomic E-state index is -1.10. The van der Waals surface area contributed by atoms with E-state index in [-0.39, 0.29) is 11.6 Å². The summed E-state index contributed by atoms with van der Waals surface area (Å²) < 4.78 is 11.0. The lowest BCUT2D eigenvalue weighted by Crippen LogP contribution is -2.43. The van der Waals surface area contributed by atoms with Gasteiger partial charge in [-0.1, -0.05) is 39.8 Å². The molecule has 0 saturated heterocycles. The number of ketones is 2. The van der Waals surface area contributed by atoms with Crippen molar-refractivity contribution in [3.05, 3.63) is 72.2 Å². The van der Waals surface area contributed by atoms with Gasteiger partial charge in [-0.2, -0.15) is 0 Å². The maximum atomic E-state index is 14.0. The third-order valence-corrected chi connectivity index (χ3v) is 7.01. The molecule has 35 heavy (non-hydrogen) atoms. The molecule has 0 aliphatic heterocycles. The maximum Gasteiger partial charge on any atom is 0.147 e. The van der Waals surface area contributed by atoms with E-state index in [1.165, 1.54) is 0 Å². The molecule has 4 aromatic rings. The number of fused-ring (bicyclic) bond motifs is 2. The van der Waals surface area contributed by atoms with Crippen LogP contribution in [0, 0.1) is 17.3 Å². The van der Waals surface area contributed by atoms with Gasteiger partial charge in [0.1, 0.15) is 22.7 Å². The Hall–Kier alpha value is -3.14. The summed E-state index contributed by atoms with van der Waals surface area (Å²) in [6, 6.07) is 15.8. The van der Waals surface area contributed by atoms with Gasteiger partial charge in [0.2, 0.25) is 0 Å². The number of hydrogen-bond donors (Lipinski definition) is 0. The van der Waals surface area contributed by atoms with Gasteiger partial charge in [-0.05, 0) is 85.0 Å². The van der Waals surface area contributed by atoms with Crippen molar-refractivity contribution in [3.63, 3.8) is 0 Å². The second-order valence-electron chi connectivity index (χ2n) is 10.7. The van der Waals surface area contributed by atoms with Crippen molar-refractivity contribution < 1.29 is 18.4 Å². The highest BCUT2D eigenvalue weighted by Gasteiger charge is 2.44. The molecular formula is C31H36O4. The first-order chi connectivity index (χ1) is 16.8. The van der Waals surface area contributed by atoms with E-state index in [0.717, 1.165) is 45.9 Å². The standard InChI is InChI=1S/C31H36O4/c1-21(2)5-11-29(32)31(30(33)12-6-22(3)4,19-23-7-9-27-25(17-23)13-15-34-27)20-24-8-10-28-26(18-24)14-16-35-28/h7-10,13-18,21-22H,5-6,11-12,19-20H2,1-4H3. The molecule has 0 bridgehead atoms. The topological polar surface area (TPSA) is 60.4 Å². The van der Waals surface area contributed by atoms with E-state index in [4.69, 9.17) is 8.83 Å². The van der Waals surface area contributed by atoms with Crippen molar-refractivity contribution in [1.82, 2.24) is 0 Å². The molecule has 0 N–H and O–H groups in total. The molecule has 0 aliphatic rings. The summed E-state index contributed by atoms with van der Waals surface area (Å²) in [5, 5.41) is 1.97. The van der Waals surface area contributed by atoms with Crippen LogP contribution in [-0.4, -0.2) is 11.6 Å². The van der Waals surface area contributed by atoms with Crippen LogP contribution < -0.4 is 0 Å². The quantitative estimate of drug-likeness (QED) is 0.196. The molecule has 0 saturated carbocycles. The van der Waals surface area contributed by atoms with Crippen LogP contribution in [-0.2, 0) is 22.4 Å². The Bertz CT molecular complexity index is 1200. The molecule has 0 aliphatic carbocycles. The highest BCUT2D eigenvalue weighted by molar-refractivity contribution is 6.07. The molecule has 2 heterocycles. The van der Waals surface area contributed by atoms with Gasteiger partial charge in [-0.25, -0.2) is 0 Å². The van der Waals surface area contributed by atoms with Crippen molar-refractivity contribution in [2.45, 2.75) is 66.2 Å². The predicted octanol–water partition coefficient (Wildman–Crippen LogP) is 7.96. The molecule has 4 heteroatoms. The fourth-order valence-electron chi connectivity index (χ4n) is 4.88. The normalized spacial score (nSPS) is 12.3. The van der Waals surface area contributed by atoms with Gasteiger partial charge in [0.25, 0.3) is 0 Å². The molecule has 0 atom stereocenters. The lowest BCUT2D eigenvalue weighted by molar-refractivity contribution is -0.141. The van der Waals surface area contributed by atoms with Crippen LogP contribution in [0.25, 0.3) is 21.9 Å². The zero-order valence-electron chi connectivity index (χ0n) is 21.3. The first-order valence-electron chi connectivity index (χ1n) is 12.8. The number of hydrogen-bond acceptors (Lipinski definition) is 4. The molecule has 0 radical (unpaired) electrons. The fraction of sp³-hybridized carbons (Fsp3) is 0.419. The highest BCUT2D eigenvalue weighted by atomic mass is 16.3. The Balaban J connectivity index is 1.77. The zero-order valence-corrected chi connectivity index (χ0v) is 21.3. The molecule has 4 rings (SSSR count). The van der Waals surface area contributed by atoms with Crippen LogP contribution in [0.2, 0.25) is 0 Å². The predicted molar refractivity (Wildman–Crippen MR) is 140 cm³/mol. The number of benzene rings is 2. The Kier molecular flexibility index (Phi) is 7.59. The van der Waals surface area contributed by atoms with Crippen molar-refractivity contribution in [2.24, 2.45) is 17.3 Å². The van der Waals surface area contributed by atoms with E-state index in [2.05, 4.69) is 39.8 Å². The number of rotatable bonds is 12. The average Bonchev–Trinajstić information content (AvgIpc) is 3.48. The summed E-state index contributed by atoms with van der Waals surface area (Å²) in [6.45, 7) is 8.48. The first kappa shape index (κ1) is 25.0. The SMILES string of the molecule is CC(C)CCC(=O)C(Cc1ccc2occc2c1)(Cc1ccc2occc2c1)C(=O)CCC(C)C. The third kappa shape index (κ3) is 5.75. The van der Waals surface area contributed by atoms with Crippen molar-refractivity contribution >= 4 is 33.5 Å². The van der Waals surface area contributed by atoms with Crippen LogP contribution >= 0.6 is 0 Å². The van der Waals surface area contributed by atoms with E-state index < -0.39 is 5.41 Å². The van der Waals surface area contributed by atoms with E-state index in [0.29, 0.717) is 37.5 Å². The molecule has 0 amide bonds. The second kappa shape index (κ2) is 10.6. The smallest absolute Gasteiger partial charge is 0.147 e. The minimum Gasteiger partial charge on any atom is -0.464 e. The van der Waals surface area contributed by atoms with E-state index in [1.807, 2.05) is 36.4 Å². The molecule has 4 nitrogen and oxygen atoms in total. The Morgan fingerprint density at radius 3 is 1.51 bits per heavy atom. The maximum absolute atomic E-state index is 14.0. The lowest BCUT2D eigenvalue weighted by atomic mass is 9.67. The Morgan fingerprint density at radius 2 is 1.11 bits per heavy atom. The molecule has 2 aromatic carbocycles. The number of furan rings is 2. The minimum absolute atomic E-state index is 0.0551. The number of carbonyl (C=O) groups is 2. The first-order valence-corrected chi connectivity index (χ1v) is 12.8. The molecular weight excluding hydrogens is 436 g/mol. The molecule has 0 spiro atoms. The summed E-state index contributed by atoms with van der Waals surface area (Å²) in [7, 11) is 0. The van der Waals surface area contributed by atoms with Gasteiger partial charge in [-0.15, -0.1) is 0 Å². The number of Topliss-reactive ketones (excluding diaryl/α,β-unsaturated/α-hetero) is 2. The van der Waals surface area contributed by atoms with Gasteiger partial charge < -0.3 is 8.83 Å². The monoisotopic (exact) mass is 472 g/mol. The van der Waals surface area contributed by atoms with Crippen LogP contribution in [0.5, 0.6) is 0 Å².